The molecule has 0 radical (unpaired) electrons. The van der Waals surface area contributed by atoms with Crippen LogP contribution < -0.4 is 21.7 Å². The molecule has 14 nitrogen and oxygen atoms in total. The molecule has 64 heavy (non-hydrogen) atoms. The molecule has 3 amide bonds. The van der Waals surface area contributed by atoms with E-state index in [1.54, 1.807) is 11.9 Å². The molecular formula is C50H75N11O3. The molecule has 1 aliphatic rings. The summed E-state index contributed by atoms with van der Waals surface area (Å²) in [6.07, 6.45) is 20.5. The van der Waals surface area contributed by atoms with Crippen LogP contribution in [0.2, 0.25) is 0 Å². The number of carbonyl (C=O) groups excluding carboxylic acids is 3. The predicted octanol–water partition coefficient (Wildman–Crippen LogP) is 8.30. The Morgan fingerprint density at radius 2 is 1.67 bits per heavy atom. The Bertz CT molecular complexity index is 1980. The topological polar surface area (TPSA) is 187 Å². The number of aromatic nitrogens is 3. The van der Waals surface area contributed by atoms with Gasteiger partial charge in [0.15, 0.2) is 0 Å². The van der Waals surface area contributed by atoms with Gasteiger partial charge in [0.25, 0.3) is 0 Å². The molecule has 1 aliphatic heterocycles. The number of likely N-dealkylation sites (tertiary alicyclic amines) is 1. The summed E-state index contributed by atoms with van der Waals surface area (Å²) in [7, 11) is 3.77. The van der Waals surface area contributed by atoms with Gasteiger partial charge in [0.1, 0.15) is 17.8 Å². The first-order valence-electron chi connectivity index (χ1n) is 23.5. The van der Waals surface area contributed by atoms with Crippen LogP contribution in [0.3, 0.4) is 0 Å². The summed E-state index contributed by atoms with van der Waals surface area (Å²) in [6.45, 7) is 11.8. The van der Waals surface area contributed by atoms with Crippen LogP contribution in [0.1, 0.15) is 139 Å². The standard InChI is InChI=1S/C50H75N11O3/c1-7-10-28-43(55-48(62)44(53-5)33-39(9-3)42-27-21-20-24-38(42)8-2)50(64)61-37(4)29-30-46(61)49(63)54-34-41-35-60(58-57-41)32-23-16-14-12-11-13-15-22-31-59(6)36-45(56-52)47(51)40-25-18-17-19-26-40/h8-9,17-21,24-27,35-37,43-44,46-47,52-53H,2,7,10-16,22-23,28-34,51H2,1,3-6H3,(H,54,63)(H,55,62)/b39-9-,45-36-,56-52?/t37-,43-,44-,46-,47-/m0/s1. The van der Waals surface area contributed by atoms with Crippen molar-refractivity contribution in [3.8, 4) is 0 Å². The molecule has 0 spiro atoms. The zero-order chi connectivity index (χ0) is 46.3. The van der Waals surface area contributed by atoms with E-state index in [9.17, 15) is 14.4 Å². The first-order chi connectivity index (χ1) is 31.0. The average molecular weight is 878 g/mol. The molecule has 6 N–H and O–H groups in total. The number of nitrogens with one attached hydrogen (secondary N) is 4. The highest BCUT2D eigenvalue weighted by atomic mass is 16.2. The number of hydrogen-bond donors (Lipinski definition) is 5. The fraction of sp³-hybridized carbons (Fsp3) is 0.540. The molecule has 348 valence electrons. The molecule has 0 aliphatic carbocycles. The molecular weight excluding hydrogens is 803 g/mol. The van der Waals surface area contributed by atoms with Crippen molar-refractivity contribution >= 4 is 29.4 Å². The number of nitrogens with zero attached hydrogens (tertiary/aromatic N) is 6. The predicted molar refractivity (Wildman–Crippen MR) is 256 cm³/mol. The Kier molecular flexibility index (Phi) is 22.1. The van der Waals surface area contributed by atoms with E-state index in [4.69, 9.17) is 11.3 Å². The Balaban J connectivity index is 1.17. The van der Waals surface area contributed by atoms with Gasteiger partial charge in [0.05, 0.1) is 30.5 Å². The molecule has 1 aromatic heterocycles. The zero-order valence-electron chi connectivity index (χ0n) is 39.1. The smallest absolute Gasteiger partial charge is 0.246 e. The minimum Gasteiger partial charge on any atom is -0.379 e. The minimum atomic E-state index is -0.744. The third kappa shape index (κ3) is 15.7. The van der Waals surface area contributed by atoms with Gasteiger partial charge in [-0.15, -0.1) is 5.10 Å². The number of aryl methyl sites for hydroxylation is 1. The van der Waals surface area contributed by atoms with Crippen LogP contribution in [-0.4, -0.2) is 87.3 Å². The van der Waals surface area contributed by atoms with E-state index in [1.807, 2.05) is 105 Å². The number of rotatable bonds is 29. The quantitative estimate of drug-likeness (QED) is 0.0340. The maximum Gasteiger partial charge on any atom is 0.246 e. The van der Waals surface area contributed by atoms with Gasteiger partial charge >= 0.3 is 0 Å². The van der Waals surface area contributed by atoms with E-state index in [2.05, 4.69) is 49.8 Å². The van der Waals surface area contributed by atoms with Gasteiger partial charge in [0.2, 0.25) is 17.7 Å². The fourth-order valence-corrected chi connectivity index (χ4v) is 8.45. The van der Waals surface area contributed by atoms with Crippen molar-refractivity contribution < 1.29 is 14.4 Å². The minimum absolute atomic E-state index is 0.138. The lowest BCUT2D eigenvalue weighted by Gasteiger charge is -2.32. The lowest BCUT2D eigenvalue weighted by molar-refractivity contribution is -0.143. The molecule has 0 saturated carbocycles. The van der Waals surface area contributed by atoms with Crippen LogP contribution in [0.15, 0.2) is 90.5 Å². The second-order valence-electron chi connectivity index (χ2n) is 17.1. The van der Waals surface area contributed by atoms with Crippen LogP contribution in [0, 0.1) is 5.53 Å². The molecule has 1 fully saturated rings. The lowest BCUT2D eigenvalue weighted by atomic mass is 9.93. The number of likely N-dealkylation sites (N-methyl/N-ethyl adjacent to an activating group) is 1. The van der Waals surface area contributed by atoms with Gasteiger partial charge in [-0.25, -0.2) is 5.53 Å². The Morgan fingerprint density at radius 3 is 2.34 bits per heavy atom. The SMILES string of the molecule is C=Cc1ccccc1/C(=C\C)C[C@H](NC)C(=O)N[C@@H](CCCC)C(=O)N1[C@@H](C)CC[C@H]1C(=O)NCc1cn(CCCCCCCCCCN(C)/C=C(\N=N)[C@@H](N)c2ccccc2)nn1. The summed E-state index contributed by atoms with van der Waals surface area (Å²) >= 11 is 0. The Labute approximate surface area is 382 Å². The van der Waals surface area contributed by atoms with Crippen molar-refractivity contribution in [2.45, 2.75) is 154 Å². The van der Waals surface area contributed by atoms with Crippen LogP contribution in [0.25, 0.3) is 11.6 Å². The molecule has 3 aromatic rings. The van der Waals surface area contributed by atoms with Gasteiger partial charge < -0.3 is 31.5 Å². The summed E-state index contributed by atoms with van der Waals surface area (Å²) in [5.74, 6) is -0.687. The molecule has 0 unspecified atom stereocenters. The van der Waals surface area contributed by atoms with Crippen LogP contribution in [0.4, 0.5) is 0 Å². The number of carbonyl (C=O) groups is 3. The van der Waals surface area contributed by atoms with Crippen LogP contribution in [0.5, 0.6) is 0 Å². The Morgan fingerprint density at radius 1 is 0.984 bits per heavy atom. The van der Waals surface area contributed by atoms with Gasteiger partial charge in [0, 0.05) is 32.4 Å². The van der Waals surface area contributed by atoms with E-state index in [1.165, 1.54) is 25.7 Å². The van der Waals surface area contributed by atoms with Crippen molar-refractivity contribution in [2.24, 2.45) is 10.8 Å². The van der Waals surface area contributed by atoms with E-state index >= 15 is 0 Å². The molecule has 1 saturated heterocycles. The second kappa shape index (κ2) is 27.7. The molecule has 2 aromatic carbocycles. The summed E-state index contributed by atoms with van der Waals surface area (Å²) in [5, 5.41) is 21.5. The van der Waals surface area contributed by atoms with Gasteiger partial charge in [-0.05, 0) is 81.7 Å². The summed E-state index contributed by atoms with van der Waals surface area (Å²) in [6, 6.07) is 15.2. The fourth-order valence-electron chi connectivity index (χ4n) is 8.45. The number of benzene rings is 2. The van der Waals surface area contributed by atoms with E-state index in [-0.39, 0.29) is 30.3 Å². The van der Waals surface area contributed by atoms with E-state index in [0.717, 1.165) is 73.9 Å². The third-order valence-corrected chi connectivity index (χ3v) is 12.3. The van der Waals surface area contributed by atoms with Gasteiger partial charge in [-0.3, -0.25) is 19.1 Å². The van der Waals surface area contributed by atoms with Gasteiger partial charge in [-0.2, -0.15) is 5.11 Å². The summed E-state index contributed by atoms with van der Waals surface area (Å²) in [5.41, 5.74) is 19.1. The molecule has 14 heteroatoms. The maximum absolute atomic E-state index is 14.3. The summed E-state index contributed by atoms with van der Waals surface area (Å²) < 4.78 is 1.84. The normalized spacial score (nSPS) is 16.8. The molecule has 2 heterocycles. The highest BCUT2D eigenvalue weighted by Gasteiger charge is 2.41. The highest BCUT2D eigenvalue weighted by Crippen LogP contribution is 2.28. The van der Waals surface area contributed by atoms with Crippen molar-refractivity contribution in [1.82, 2.24) is 40.7 Å². The van der Waals surface area contributed by atoms with Crippen LogP contribution >= 0.6 is 0 Å². The lowest BCUT2D eigenvalue weighted by Crippen LogP contribution is -2.57. The van der Waals surface area contributed by atoms with Crippen molar-refractivity contribution in [3.05, 3.63) is 108 Å². The number of unbranched alkanes of at least 4 members (excludes halogenated alkanes) is 8. The first-order valence-corrected chi connectivity index (χ1v) is 23.5. The van der Waals surface area contributed by atoms with E-state index in [0.29, 0.717) is 37.1 Å². The monoisotopic (exact) mass is 878 g/mol. The number of amides is 3. The average Bonchev–Trinajstić information content (AvgIpc) is 3.95. The van der Waals surface area contributed by atoms with Crippen molar-refractivity contribution in [1.29, 1.82) is 5.53 Å². The molecule has 5 atom stereocenters. The maximum atomic E-state index is 14.3. The third-order valence-electron chi connectivity index (χ3n) is 12.3. The first kappa shape index (κ1) is 51.2. The Hall–Kier alpha value is -5.47. The summed E-state index contributed by atoms with van der Waals surface area (Å²) in [4.78, 5) is 45.5. The number of allylic oxidation sites excluding steroid dienone is 1. The highest BCUT2D eigenvalue weighted by molar-refractivity contribution is 5.94. The largest absolute Gasteiger partial charge is 0.379 e. The van der Waals surface area contributed by atoms with Crippen molar-refractivity contribution in [3.63, 3.8) is 0 Å². The van der Waals surface area contributed by atoms with Gasteiger partial charge in [-0.1, -0.05) is 137 Å². The van der Waals surface area contributed by atoms with E-state index < -0.39 is 24.2 Å². The van der Waals surface area contributed by atoms with Crippen LogP contribution in [-0.2, 0) is 27.5 Å². The zero-order valence-corrected chi connectivity index (χ0v) is 39.1. The second-order valence-corrected chi connectivity index (χ2v) is 17.1. The number of nitrogens with two attached hydrogens (primary N) is 1. The van der Waals surface area contributed by atoms with Crippen molar-refractivity contribution in [2.75, 3.05) is 20.6 Å². The molecule has 0 bridgehead atoms. The number of hydrogen-bond acceptors (Lipinski definition) is 10. The molecule has 4 rings (SSSR count).